The zero-order chi connectivity index (χ0) is 14.0. The average Bonchev–Trinajstić information content (AvgIpc) is 2.26. The number of hydrogen-bond donors (Lipinski definition) is 2. The molecule has 4 nitrogen and oxygen atoms in total. The van der Waals surface area contributed by atoms with Crippen LogP contribution in [0.2, 0.25) is 0 Å². The fourth-order valence-electron chi connectivity index (χ4n) is 2.57. The molecule has 0 spiro atoms. The van der Waals surface area contributed by atoms with Gasteiger partial charge in [0.15, 0.2) is 0 Å². The summed E-state index contributed by atoms with van der Waals surface area (Å²) in [5, 5.41) is 3.11. The third-order valence-electron chi connectivity index (χ3n) is 3.46. The number of carbonyl (C=O) groups is 1. The summed E-state index contributed by atoms with van der Waals surface area (Å²) >= 11 is 0. The Morgan fingerprint density at radius 3 is 2.84 bits per heavy atom. The van der Waals surface area contributed by atoms with Crippen molar-refractivity contribution in [2.75, 3.05) is 11.9 Å². The van der Waals surface area contributed by atoms with E-state index in [-0.39, 0.29) is 11.9 Å². The first-order valence-corrected chi connectivity index (χ1v) is 6.38. The third-order valence-corrected chi connectivity index (χ3v) is 3.46. The molecule has 2 atom stereocenters. The molecule has 2 unspecified atom stereocenters. The summed E-state index contributed by atoms with van der Waals surface area (Å²) in [7, 11) is 0. The molecule has 1 aromatic carbocycles. The van der Waals surface area contributed by atoms with E-state index in [2.05, 4.69) is 5.32 Å². The van der Waals surface area contributed by atoms with Crippen molar-refractivity contribution >= 4 is 11.6 Å². The van der Waals surface area contributed by atoms with E-state index in [9.17, 15) is 9.18 Å². The number of hydrogen-bond acceptors (Lipinski definition) is 3. The van der Waals surface area contributed by atoms with Gasteiger partial charge in [0.1, 0.15) is 11.4 Å². The molecular weight excluding hydrogens is 247 g/mol. The molecule has 1 aliphatic rings. The van der Waals surface area contributed by atoms with Gasteiger partial charge in [0.2, 0.25) is 5.91 Å². The van der Waals surface area contributed by atoms with Crippen LogP contribution in [0.1, 0.15) is 25.3 Å². The number of carbonyl (C=O) groups excluding carboxylic acids is 1. The number of anilines is 1. The van der Waals surface area contributed by atoms with Gasteiger partial charge in [0.25, 0.3) is 0 Å². The third kappa shape index (κ3) is 3.04. The summed E-state index contributed by atoms with van der Waals surface area (Å²) in [4.78, 5) is 11.8. The van der Waals surface area contributed by atoms with Crippen LogP contribution in [0.4, 0.5) is 10.1 Å². The lowest BCUT2D eigenvalue weighted by Crippen LogP contribution is -2.55. The Bertz CT molecular complexity index is 472. The Hall–Kier alpha value is -1.62. The van der Waals surface area contributed by atoms with Crippen molar-refractivity contribution in [3.05, 3.63) is 29.6 Å². The van der Waals surface area contributed by atoms with E-state index in [1.807, 2.05) is 6.92 Å². The van der Waals surface area contributed by atoms with Crippen LogP contribution in [0.25, 0.3) is 0 Å². The first-order chi connectivity index (χ1) is 8.91. The lowest BCUT2D eigenvalue weighted by Gasteiger charge is -2.38. The summed E-state index contributed by atoms with van der Waals surface area (Å²) < 4.78 is 18.9. The van der Waals surface area contributed by atoms with Gasteiger partial charge in [-0.2, -0.15) is 0 Å². The van der Waals surface area contributed by atoms with Crippen molar-refractivity contribution in [3.8, 4) is 0 Å². The van der Waals surface area contributed by atoms with E-state index < -0.39 is 11.4 Å². The maximum atomic E-state index is 13.4. The van der Waals surface area contributed by atoms with Crippen LogP contribution in [0.3, 0.4) is 0 Å². The normalized spacial score (nSPS) is 27.0. The standard InChI is InChI=1S/C14H19FN2O2/c1-9-5-11(15)7-12(6-9)17-14(13(16)18)3-4-19-10(2)8-14/h5-7,10,17H,3-4,8H2,1-2H3,(H2,16,18). The van der Waals surface area contributed by atoms with E-state index in [0.717, 1.165) is 5.56 Å². The van der Waals surface area contributed by atoms with Crippen molar-refractivity contribution < 1.29 is 13.9 Å². The highest BCUT2D eigenvalue weighted by Crippen LogP contribution is 2.29. The molecule has 1 aromatic rings. The van der Waals surface area contributed by atoms with Gasteiger partial charge < -0.3 is 15.8 Å². The summed E-state index contributed by atoms with van der Waals surface area (Å²) in [6.45, 7) is 4.17. The van der Waals surface area contributed by atoms with Crippen LogP contribution in [-0.2, 0) is 9.53 Å². The number of nitrogens with two attached hydrogens (primary N) is 1. The lowest BCUT2D eigenvalue weighted by molar-refractivity contribution is -0.127. The SMILES string of the molecule is Cc1cc(F)cc(NC2(C(N)=O)CCOC(C)C2)c1. The Morgan fingerprint density at radius 2 is 2.26 bits per heavy atom. The number of amides is 1. The molecule has 1 aliphatic heterocycles. The Kier molecular flexibility index (Phi) is 3.75. The topological polar surface area (TPSA) is 64.3 Å². The average molecular weight is 266 g/mol. The van der Waals surface area contributed by atoms with Crippen LogP contribution >= 0.6 is 0 Å². The van der Waals surface area contributed by atoms with Crippen LogP contribution in [0, 0.1) is 12.7 Å². The predicted octanol–water partition coefficient (Wildman–Crippen LogP) is 1.97. The van der Waals surface area contributed by atoms with Crippen LogP contribution in [0.5, 0.6) is 0 Å². The number of ether oxygens (including phenoxy) is 1. The second kappa shape index (κ2) is 5.17. The predicted molar refractivity (Wildman–Crippen MR) is 71.3 cm³/mol. The monoisotopic (exact) mass is 266 g/mol. The van der Waals surface area contributed by atoms with Gasteiger partial charge in [-0.1, -0.05) is 0 Å². The largest absolute Gasteiger partial charge is 0.378 e. The van der Waals surface area contributed by atoms with Gasteiger partial charge in [0, 0.05) is 25.1 Å². The first kappa shape index (κ1) is 13.8. The van der Waals surface area contributed by atoms with Gasteiger partial charge in [-0.25, -0.2) is 4.39 Å². The van der Waals surface area contributed by atoms with Crippen LogP contribution < -0.4 is 11.1 Å². The zero-order valence-electron chi connectivity index (χ0n) is 11.2. The van der Waals surface area contributed by atoms with E-state index >= 15 is 0 Å². The van der Waals surface area contributed by atoms with E-state index in [0.29, 0.717) is 25.1 Å². The van der Waals surface area contributed by atoms with Crippen molar-refractivity contribution in [1.82, 2.24) is 0 Å². The molecule has 104 valence electrons. The highest BCUT2D eigenvalue weighted by atomic mass is 19.1. The molecule has 3 N–H and O–H groups in total. The first-order valence-electron chi connectivity index (χ1n) is 6.38. The van der Waals surface area contributed by atoms with Gasteiger partial charge in [-0.05, 0) is 37.6 Å². The molecule has 1 heterocycles. The summed E-state index contributed by atoms with van der Waals surface area (Å²) in [5.41, 5.74) is 6.04. The van der Waals surface area contributed by atoms with Crippen molar-refractivity contribution in [1.29, 1.82) is 0 Å². The number of primary amides is 1. The van der Waals surface area contributed by atoms with Crippen LogP contribution in [-0.4, -0.2) is 24.2 Å². The van der Waals surface area contributed by atoms with Gasteiger partial charge in [-0.3, -0.25) is 4.79 Å². The quantitative estimate of drug-likeness (QED) is 0.879. The maximum Gasteiger partial charge on any atom is 0.243 e. The van der Waals surface area contributed by atoms with Gasteiger partial charge >= 0.3 is 0 Å². The highest BCUT2D eigenvalue weighted by molar-refractivity contribution is 5.88. The molecule has 0 aromatic heterocycles. The zero-order valence-corrected chi connectivity index (χ0v) is 11.2. The lowest BCUT2D eigenvalue weighted by atomic mass is 9.86. The molecular formula is C14H19FN2O2. The molecule has 0 aliphatic carbocycles. The molecule has 1 amide bonds. The van der Waals surface area contributed by atoms with Crippen molar-refractivity contribution in [2.45, 2.75) is 38.3 Å². The minimum Gasteiger partial charge on any atom is -0.378 e. The maximum absolute atomic E-state index is 13.4. The summed E-state index contributed by atoms with van der Waals surface area (Å²) in [5.74, 6) is -0.758. The minimum atomic E-state index is -0.863. The molecule has 1 saturated heterocycles. The minimum absolute atomic E-state index is 0.0524. The number of nitrogens with one attached hydrogen (secondary N) is 1. The van der Waals surface area contributed by atoms with Crippen molar-refractivity contribution in [3.63, 3.8) is 0 Å². The molecule has 2 rings (SSSR count). The number of rotatable bonds is 3. The number of halogens is 1. The molecule has 19 heavy (non-hydrogen) atoms. The van der Waals surface area contributed by atoms with Gasteiger partial charge in [0.05, 0.1) is 6.10 Å². The fourth-order valence-corrected chi connectivity index (χ4v) is 2.57. The van der Waals surface area contributed by atoms with E-state index in [1.54, 1.807) is 13.0 Å². The number of aryl methyl sites for hydroxylation is 1. The Balaban J connectivity index is 2.28. The second-order valence-electron chi connectivity index (χ2n) is 5.22. The molecule has 0 bridgehead atoms. The smallest absolute Gasteiger partial charge is 0.243 e. The molecule has 0 saturated carbocycles. The summed E-state index contributed by atoms with van der Waals surface area (Å²) in [6, 6.07) is 4.61. The molecule has 1 fully saturated rings. The van der Waals surface area contributed by atoms with Crippen LogP contribution in [0.15, 0.2) is 18.2 Å². The second-order valence-corrected chi connectivity index (χ2v) is 5.22. The number of benzene rings is 1. The fraction of sp³-hybridized carbons (Fsp3) is 0.500. The molecule has 5 heteroatoms. The van der Waals surface area contributed by atoms with E-state index in [4.69, 9.17) is 10.5 Å². The Labute approximate surface area is 112 Å². The van der Waals surface area contributed by atoms with Gasteiger partial charge in [-0.15, -0.1) is 0 Å². The Morgan fingerprint density at radius 1 is 1.53 bits per heavy atom. The highest BCUT2D eigenvalue weighted by Gasteiger charge is 2.41. The summed E-state index contributed by atoms with van der Waals surface area (Å²) in [6.07, 6.45) is 0.920. The van der Waals surface area contributed by atoms with E-state index in [1.165, 1.54) is 12.1 Å². The van der Waals surface area contributed by atoms with Crippen molar-refractivity contribution in [2.24, 2.45) is 5.73 Å². The molecule has 0 radical (unpaired) electrons.